The third-order valence-corrected chi connectivity index (χ3v) is 3.22. The second-order valence-corrected chi connectivity index (χ2v) is 5.03. The summed E-state index contributed by atoms with van der Waals surface area (Å²) < 4.78 is 0. The number of benzene rings is 2. The Kier molecular flexibility index (Phi) is 4.29. The Morgan fingerprint density at radius 3 is 1.92 bits per heavy atom. The van der Waals surface area contributed by atoms with Crippen LogP contribution in [0.25, 0.3) is 0 Å². The SMILES string of the molecule is O=[N+]([O-])c1cnc(Nc2ccc(O)cc2)nc1Nc1ccc(O)cc1. The van der Waals surface area contributed by atoms with E-state index in [0.717, 1.165) is 6.20 Å². The largest absolute Gasteiger partial charge is 0.508 e. The lowest BCUT2D eigenvalue weighted by molar-refractivity contribution is -0.384. The molecule has 25 heavy (non-hydrogen) atoms. The third kappa shape index (κ3) is 3.91. The number of hydrogen-bond donors (Lipinski definition) is 4. The highest BCUT2D eigenvalue weighted by molar-refractivity contribution is 5.67. The summed E-state index contributed by atoms with van der Waals surface area (Å²) in [6.45, 7) is 0. The van der Waals surface area contributed by atoms with Crippen molar-refractivity contribution in [3.8, 4) is 11.5 Å². The molecule has 1 aromatic heterocycles. The van der Waals surface area contributed by atoms with E-state index in [9.17, 15) is 20.3 Å². The number of phenols is 2. The highest BCUT2D eigenvalue weighted by Gasteiger charge is 2.17. The maximum Gasteiger partial charge on any atom is 0.329 e. The van der Waals surface area contributed by atoms with Crippen molar-refractivity contribution in [1.82, 2.24) is 9.97 Å². The van der Waals surface area contributed by atoms with Crippen LogP contribution in [0.3, 0.4) is 0 Å². The van der Waals surface area contributed by atoms with Gasteiger partial charge in [-0.25, -0.2) is 4.98 Å². The Hall–Kier alpha value is -3.88. The van der Waals surface area contributed by atoms with Gasteiger partial charge in [-0.3, -0.25) is 10.1 Å². The third-order valence-electron chi connectivity index (χ3n) is 3.22. The standard InChI is InChI=1S/C16H13N5O4/c22-12-5-1-10(2-6-12)18-15-14(21(24)25)9-17-16(20-15)19-11-3-7-13(23)8-4-11/h1-9,22-23H,(H2,17,18,19,20). The number of rotatable bonds is 5. The average molecular weight is 339 g/mol. The molecule has 9 nitrogen and oxygen atoms in total. The van der Waals surface area contributed by atoms with E-state index >= 15 is 0 Å². The molecule has 0 fully saturated rings. The number of phenolic OH excluding ortho intramolecular Hbond substituents is 2. The molecule has 0 aliphatic rings. The number of nitrogens with one attached hydrogen (secondary N) is 2. The summed E-state index contributed by atoms with van der Waals surface area (Å²) in [5.74, 6) is 0.354. The Bertz CT molecular complexity index is 897. The predicted octanol–water partition coefficient (Wildman–Crippen LogP) is 3.28. The van der Waals surface area contributed by atoms with Crippen molar-refractivity contribution < 1.29 is 15.1 Å². The second kappa shape index (κ2) is 6.71. The van der Waals surface area contributed by atoms with Gasteiger partial charge >= 0.3 is 5.69 Å². The zero-order valence-electron chi connectivity index (χ0n) is 12.7. The fourth-order valence-corrected chi connectivity index (χ4v) is 2.02. The Morgan fingerprint density at radius 2 is 1.40 bits per heavy atom. The molecular weight excluding hydrogens is 326 g/mol. The van der Waals surface area contributed by atoms with E-state index < -0.39 is 4.92 Å². The fraction of sp³-hybridized carbons (Fsp3) is 0. The molecular formula is C16H13N5O4. The highest BCUT2D eigenvalue weighted by Crippen LogP contribution is 2.27. The van der Waals surface area contributed by atoms with Crippen molar-refractivity contribution in [1.29, 1.82) is 0 Å². The molecule has 0 unspecified atom stereocenters. The Morgan fingerprint density at radius 1 is 0.880 bits per heavy atom. The summed E-state index contributed by atoms with van der Waals surface area (Å²) in [5, 5.41) is 35.5. The summed E-state index contributed by atoms with van der Waals surface area (Å²) in [6.07, 6.45) is 1.10. The summed E-state index contributed by atoms with van der Waals surface area (Å²) in [6, 6.07) is 12.2. The van der Waals surface area contributed by atoms with Crippen LogP contribution in [0.15, 0.2) is 54.7 Å². The molecule has 0 aliphatic carbocycles. The van der Waals surface area contributed by atoms with Gasteiger partial charge in [0.2, 0.25) is 11.8 Å². The number of anilines is 4. The molecule has 2 aromatic carbocycles. The van der Waals surface area contributed by atoms with Crippen molar-refractivity contribution in [2.75, 3.05) is 10.6 Å². The van der Waals surface area contributed by atoms with Crippen LogP contribution in [0.5, 0.6) is 11.5 Å². The van der Waals surface area contributed by atoms with Gasteiger partial charge in [0.1, 0.15) is 17.7 Å². The zero-order valence-corrected chi connectivity index (χ0v) is 12.7. The first-order valence-electron chi connectivity index (χ1n) is 7.15. The minimum absolute atomic E-state index is 0.00645. The van der Waals surface area contributed by atoms with Gasteiger partial charge in [-0.1, -0.05) is 0 Å². The lowest BCUT2D eigenvalue weighted by Gasteiger charge is -2.09. The molecule has 0 radical (unpaired) electrons. The van der Waals surface area contributed by atoms with Gasteiger partial charge in [0.05, 0.1) is 4.92 Å². The Balaban J connectivity index is 1.89. The first kappa shape index (κ1) is 16.0. The van der Waals surface area contributed by atoms with E-state index in [1.807, 2.05) is 0 Å². The average Bonchev–Trinajstić information content (AvgIpc) is 2.59. The minimum Gasteiger partial charge on any atom is -0.508 e. The van der Waals surface area contributed by atoms with Crippen molar-refractivity contribution in [2.24, 2.45) is 0 Å². The molecule has 3 aromatic rings. The molecule has 126 valence electrons. The zero-order chi connectivity index (χ0) is 17.8. The van der Waals surface area contributed by atoms with Crippen molar-refractivity contribution in [3.05, 3.63) is 64.8 Å². The van der Waals surface area contributed by atoms with Crippen LogP contribution < -0.4 is 10.6 Å². The molecule has 0 atom stereocenters. The maximum atomic E-state index is 11.2. The van der Waals surface area contributed by atoms with E-state index in [0.29, 0.717) is 11.4 Å². The quantitative estimate of drug-likeness (QED) is 0.316. The molecule has 0 bridgehead atoms. The minimum atomic E-state index is -0.590. The van der Waals surface area contributed by atoms with Crippen LogP contribution in [0, 0.1) is 10.1 Å². The van der Waals surface area contributed by atoms with Crippen LogP contribution in [-0.2, 0) is 0 Å². The summed E-state index contributed by atoms with van der Waals surface area (Å²) >= 11 is 0. The van der Waals surface area contributed by atoms with Crippen LogP contribution in [0.2, 0.25) is 0 Å². The van der Waals surface area contributed by atoms with Crippen molar-refractivity contribution >= 4 is 28.8 Å². The highest BCUT2D eigenvalue weighted by atomic mass is 16.6. The second-order valence-electron chi connectivity index (χ2n) is 5.03. The van der Waals surface area contributed by atoms with E-state index in [-0.39, 0.29) is 29.0 Å². The van der Waals surface area contributed by atoms with E-state index in [4.69, 9.17) is 0 Å². The van der Waals surface area contributed by atoms with Gasteiger partial charge in [0, 0.05) is 11.4 Å². The lowest BCUT2D eigenvalue weighted by Crippen LogP contribution is -2.04. The van der Waals surface area contributed by atoms with Gasteiger partial charge in [-0.2, -0.15) is 4.98 Å². The van der Waals surface area contributed by atoms with Crippen LogP contribution in [0.4, 0.5) is 28.8 Å². The summed E-state index contributed by atoms with van der Waals surface area (Å²) in [7, 11) is 0. The van der Waals surface area contributed by atoms with Gasteiger partial charge in [-0.15, -0.1) is 0 Å². The topological polar surface area (TPSA) is 133 Å². The summed E-state index contributed by atoms with van der Waals surface area (Å²) in [4.78, 5) is 18.6. The normalized spacial score (nSPS) is 10.2. The number of nitro groups is 1. The maximum absolute atomic E-state index is 11.2. The number of nitrogens with zero attached hydrogens (tertiary/aromatic N) is 3. The molecule has 0 amide bonds. The lowest BCUT2D eigenvalue weighted by atomic mass is 10.3. The predicted molar refractivity (Wildman–Crippen MR) is 91.5 cm³/mol. The first-order chi connectivity index (χ1) is 12.0. The number of aromatic nitrogens is 2. The van der Waals surface area contributed by atoms with Crippen LogP contribution in [0.1, 0.15) is 0 Å². The number of aromatic hydroxyl groups is 2. The van der Waals surface area contributed by atoms with E-state index in [1.165, 1.54) is 24.3 Å². The van der Waals surface area contributed by atoms with E-state index in [2.05, 4.69) is 20.6 Å². The Labute approximate surface area is 141 Å². The molecule has 4 N–H and O–H groups in total. The summed E-state index contributed by atoms with van der Waals surface area (Å²) in [5.41, 5.74) is 0.849. The van der Waals surface area contributed by atoms with Gasteiger partial charge in [-0.05, 0) is 48.5 Å². The molecule has 3 rings (SSSR count). The van der Waals surface area contributed by atoms with Crippen molar-refractivity contribution in [3.63, 3.8) is 0 Å². The molecule has 1 heterocycles. The van der Waals surface area contributed by atoms with Crippen molar-refractivity contribution in [2.45, 2.75) is 0 Å². The smallest absolute Gasteiger partial charge is 0.329 e. The monoisotopic (exact) mass is 339 g/mol. The molecule has 9 heteroatoms. The van der Waals surface area contributed by atoms with Gasteiger partial charge in [0.25, 0.3) is 0 Å². The number of hydrogen-bond acceptors (Lipinski definition) is 8. The molecule has 0 saturated carbocycles. The molecule has 0 aliphatic heterocycles. The fourth-order valence-electron chi connectivity index (χ4n) is 2.02. The molecule has 0 saturated heterocycles. The van der Waals surface area contributed by atoms with Crippen LogP contribution in [-0.4, -0.2) is 25.1 Å². The van der Waals surface area contributed by atoms with Crippen LogP contribution >= 0.6 is 0 Å². The van der Waals surface area contributed by atoms with Gasteiger partial charge < -0.3 is 20.8 Å². The first-order valence-corrected chi connectivity index (χ1v) is 7.15. The van der Waals surface area contributed by atoms with E-state index in [1.54, 1.807) is 24.3 Å². The van der Waals surface area contributed by atoms with Gasteiger partial charge in [0.15, 0.2) is 0 Å². The molecule has 0 spiro atoms.